The SMILES string of the molecule is O=C(O)CC(NC(=O)OCc1ccccc1)C(=O)Cn1nnc(C(=O)N2CCC[C@@H]2N2CCNCC2)n1. The number of hydrogen-bond donors (Lipinski definition) is 3. The minimum atomic E-state index is -1.37. The van der Waals surface area contributed by atoms with Gasteiger partial charge in [0, 0.05) is 32.7 Å². The van der Waals surface area contributed by atoms with Gasteiger partial charge in [-0.15, -0.1) is 10.2 Å². The van der Waals surface area contributed by atoms with E-state index in [-0.39, 0.29) is 24.5 Å². The van der Waals surface area contributed by atoms with E-state index in [4.69, 9.17) is 4.74 Å². The largest absolute Gasteiger partial charge is 0.481 e. The molecule has 2 saturated heterocycles. The number of carboxylic acid groups (broad SMARTS) is 1. The number of piperazine rings is 1. The molecule has 37 heavy (non-hydrogen) atoms. The Morgan fingerprint density at radius 1 is 1.14 bits per heavy atom. The monoisotopic (exact) mass is 514 g/mol. The van der Waals surface area contributed by atoms with Crippen molar-refractivity contribution < 1.29 is 29.0 Å². The number of likely N-dealkylation sites (tertiary alicyclic amines) is 1. The Morgan fingerprint density at radius 2 is 1.89 bits per heavy atom. The van der Waals surface area contributed by atoms with E-state index >= 15 is 0 Å². The van der Waals surface area contributed by atoms with Crippen LogP contribution in [0.15, 0.2) is 30.3 Å². The van der Waals surface area contributed by atoms with Crippen molar-refractivity contribution in [1.82, 2.24) is 40.6 Å². The molecule has 1 unspecified atom stereocenters. The van der Waals surface area contributed by atoms with Gasteiger partial charge in [0.2, 0.25) is 0 Å². The van der Waals surface area contributed by atoms with E-state index in [0.29, 0.717) is 6.54 Å². The molecule has 4 rings (SSSR count). The number of carbonyl (C=O) groups is 4. The van der Waals surface area contributed by atoms with Gasteiger partial charge in [0.15, 0.2) is 5.78 Å². The molecule has 2 aliphatic rings. The molecule has 1 aromatic heterocycles. The summed E-state index contributed by atoms with van der Waals surface area (Å²) >= 11 is 0. The Labute approximate surface area is 212 Å². The van der Waals surface area contributed by atoms with Crippen molar-refractivity contribution in [2.45, 2.75) is 44.6 Å². The summed E-state index contributed by atoms with van der Waals surface area (Å²) in [7, 11) is 0. The zero-order valence-corrected chi connectivity index (χ0v) is 20.3. The van der Waals surface area contributed by atoms with Crippen molar-refractivity contribution in [2.75, 3.05) is 32.7 Å². The fraction of sp³-hybridized carbons (Fsp3) is 0.522. The average Bonchev–Trinajstić information content (AvgIpc) is 3.58. The first kappa shape index (κ1) is 26.2. The van der Waals surface area contributed by atoms with Crippen molar-refractivity contribution in [2.24, 2.45) is 0 Å². The Kier molecular flexibility index (Phi) is 8.74. The maximum absolute atomic E-state index is 13.1. The fourth-order valence-corrected chi connectivity index (χ4v) is 4.45. The van der Waals surface area contributed by atoms with Crippen LogP contribution in [0.1, 0.15) is 35.4 Å². The molecule has 0 saturated carbocycles. The highest BCUT2D eigenvalue weighted by Crippen LogP contribution is 2.22. The number of benzene rings is 1. The molecule has 2 atom stereocenters. The lowest BCUT2D eigenvalue weighted by Crippen LogP contribution is -2.54. The lowest BCUT2D eigenvalue weighted by atomic mass is 10.1. The highest BCUT2D eigenvalue weighted by Gasteiger charge is 2.36. The first-order valence-electron chi connectivity index (χ1n) is 12.2. The molecule has 14 heteroatoms. The van der Waals surface area contributed by atoms with Crippen LogP contribution < -0.4 is 10.6 Å². The van der Waals surface area contributed by atoms with Crippen LogP contribution >= 0.6 is 0 Å². The minimum absolute atomic E-state index is 0.0331. The van der Waals surface area contributed by atoms with Crippen LogP contribution in [-0.4, -0.2) is 104 Å². The number of carbonyl (C=O) groups excluding carboxylic acids is 3. The number of ketones is 1. The molecule has 2 amide bonds. The van der Waals surface area contributed by atoms with E-state index in [1.165, 1.54) is 0 Å². The number of nitrogens with one attached hydrogen (secondary N) is 2. The number of hydrogen-bond acceptors (Lipinski definition) is 10. The Balaban J connectivity index is 1.34. The van der Waals surface area contributed by atoms with Crippen LogP contribution in [0.2, 0.25) is 0 Å². The zero-order valence-electron chi connectivity index (χ0n) is 20.3. The predicted molar refractivity (Wildman–Crippen MR) is 127 cm³/mol. The lowest BCUT2D eigenvalue weighted by Gasteiger charge is -2.37. The van der Waals surface area contributed by atoms with Crippen LogP contribution in [-0.2, 0) is 27.5 Å². The van der Waals surface area contributed by atoms with Crippen molar-refractivity contribution in [3.05, 3.63) is 41.7 Å². The molecule has 2 fully saturated rings. The number of tetrazole rings is 1. The van der Waals surface area contributed by atoms with Crippen molar-refractivity contribution >= 4 is 23.8 Å². The Hall–Kier alpha value is -3.91. The number of aliphatic carboxylic acids is 1. The number of alkyl carbamates (subject to hydrolysis) is 1. The maximum Gasteiger partial charge on any atom is 0.408 e. The van der Waals surface area contributed by atoms with Gasteiger partial charge in [-0.1, -0.05) is 30.3 Å². The number of ether oxygens (including phenoxy) is 1. The molecule has 14 nitrogen and oxygen atoms in total. The first-order valence-corrected chi connectivity index (χ1v) is 12.2. The number of aromatic nitrogens is 4. The molecule has 0 aliphatic carbocycles. The normalized spacial score (nSPS) is 18.8. The predicted octanol–water partition coefficient (Wildman–Crippen LogP) is -0.521. The quantitative estimate of drug-likeness (QED) is 0.372. The smallest absolute Gasteiger partial charge is 0.408 e. The second-order valence-corrected chi connectivity index (χ2v) is 8.87. The topological polar surface area (TPSA) is 172 Å². The lowest BCUT2D eigenvalue weighted by molar-refractivity contribution is -0.139. The van der Waals surface area contributed by atoms with Crippen molar-refractivity contribution in [3.8, 4) is 0 Å². The van der Waals surface area contributed by atoms with Crippen LogP contribution in [0.4, 0.5) is 4.79 Å². The highest BCUT2D eigenvalue weighted by atomic mass is 16.5. The molecule has 0 radical (unpaired) electrons. The molecule has 0 spiro atoms. The third-order valence-electron chi connectivity index (χ3n) is 6.27. The van der Waals surface area contributed by atoms with Gasteiger partial charge in [0.25, 0.3) is 11.7 Å². The van der Waals surface area contributed by atoms with Gasteiger partial charge in [-0.2, -0.15) is 4.80 Å². The molecule has 2 aliphatic heterocycles. The third-order valence-corrected chi connectivity index (χ3v) is 6.27. The van der Waals surface area contributed by atoms with Crippen LogP contribution in [0.3, 0.4) is 0 Å². The number of amides is 2. The van der Waals surface area contributed by atoms with E-state index in [0.717, 1.165) is 49.4 Å². The summed E-state index contributed by atoms with van der Waals surface area (Å²) in [4.78, 5) is 54.2. The van der Waals surface area contributed by atoms with Crippen LogP contribution in [0, 0.1) is 0 Å². The van der Waals surface area contributed by atoms with Crippen molar-refractivity contribution in [1.29, 1.82) is 0 Å². The second kappa shape index (κ2) is 12.4. The van der Waals surface area contributed by atoms with E-state index in [1.54, 1.807) is 29.2 Å². The fourth-order valence-electron chi connectivity index (χ4n) is 4.45. The van der Waals surface area contributed by atoms with E-state index in [1.807, 2.05) is 6.07 Å². The summed E-state index contributed by atoms with van der Waals surface area (Å²) in [5, 5.41) is 26.4. The molecule has 2 aromatic rings. The standard InChI is InChI=1S/C23H30N8O6/c32-18(17(13-20(33)34)25-23(36)37-15-16-5-2-1-3-6-16)14-31-27-21(26-28-31)22(35)30-10-4-7-19(30)29-11-8-24-9-12-29/h1-3,5-6,17,19,24H,4,7-15H2,(H,25,36)(H,33,34)/t17?,19-/m1/s1. The summed E-state index contributed by atoms with van der Waals surface area (Å²) in [5.74, 6) is -2.46. The summed E-state index contributed by atoms with van der Waals surface area (Å²) in [6, 6.07) is 7.53. The number of rotatable bonds is 10. The zero-order chi connectivity index (χ0) is 26.2. The summed E-state index contributed by atoms with van der Waals surface area (Å²) in [5.41, 5.74) is 0.736. The van der Waals surface area contributed by atoms with Crippen LogP contribution in [0.25, 0.3) is 0 Å². The van der Waals surface area contributed by atoms with Crippen molar-refractivity contribution in [3.63, 3.8) is 0 Å². The molecule has 0 bridgehead atoms. The number of nitrogens with zero attached hydrogens (tertiary/aromatic N) is 6. The molecule has 3 N–H and O–H groups in total. The number of Topliss-reactive ketones (excluding diaryl/α,β-unsaturated/α-hetero) is 1. The molecular weight excluding hydrogens is 484 g/mol. The number of carboxylic acids is 1. The maximum atomic E-state index is 13.1. The minimum Gasteiger partial charge on any atom is -0.481 e. The van der Waals surface area contributed by atoms with E-state index in [9.17, 15) is 24.3 Å². The van der Waals surface area contributed by atoms with Gasteiger partial charge in [-0.05, 0) is 23.6 Å². The summed E-state index contributed by atoms with van der Waals surface area (Å²) < 4.78 is 5.09. The van der Waals surface area contributed by atoms with Gasteiger partial charge >= 0.3 is 12.1 Å². The molecule has 1 aromatic carbocycles. The van der Waals surface area contributed by atoms with E-state index in [2.05, 4.69) is 30.9 Å². The van der Waals surface area contributed by atoms with Gasteiger partial charge in [0.1, 0.15) is 19.2 Å². The van der Waals surface area contributed by atoms with Gasteiger partial charge in [0.05, 0.1) is 12.6 Å². The summed E-state index contributed by atoms with van der Waals surface area (Å²) in [6.45, 7) is 3.47. The summed E-state index contributed by atoms with van der Waals surface area (Å²) in [6.07, 6.45) is 0.116. The van der Waals surface area contributed by atoms with Crippen LogP contribution in [0.5, 0.6) is 0 Å². The highest BCUT2D eigenvalue weighted by molar-refractivity contribution is 5.91. The Morgan fingerprint density at radius 3 is 2.62 bits per heavy atom. The van der Waals surface area contributed by atoms with Gasteiger partial charge < -0.3 is 25.4 Å². The average molecular weight is 515 g/mol. The second-order valence-electron chi connectivity index (χ2n) is 8.87. The van der Waals surface area contributed by atoms with Gasteiger partial charge in [-0.25, -0.2) is 4.79 Å². The first-order chi connectivity index (χ1) is 17.9. The van der Waals surface area contributed by atoms with Gasteiger partial charge in [-0.3, -0.25) is 19.3 Å². The molecule has 198 valence electrons. The molecular formula is C23H30N8O6. The van der Waals surface area contributed by atoms with E-state index < -0.39 is 36.9 Å². The third kappa shape index (κ3) is 7.07. The Bertz CT molecular complexity index is 1100. The molecule has 3 heterocycles.